The minimum Gasteiger partial charge on any atom is -0.493 e. The van der Waals surface area contributed by atoms with Crippen molar-refractivity contribution in [3.8, 4) is 11.5 Å². The van der Waals surface area contributed by atoms with Crippen molar-refractivity contribution in [2.24, 2.45) is 0 Å². The van der Waals surface area contributed by atoms with Gasteiger partial charge in [-0.15, -0.1) is 0 Å². The molecular formula is C21H20ClNO3S. The Morgan fingerprint density at radius 3 is 2.52 bits per heavy atom. The van der Waals surface area contributed by atoms with Crippen LogP contribution in [-0.4, -0.2) is 19.6 Å². The van der Waals surface area contributed by atoms with E-state index in [1.165, 1.54) is 0 Å². The number of amides is 1. The van der Waals surface area contributed by atoms with Gasteiger partial charge >= 0.3 is 0 Å². The molecule has 0 spiro atoms. The maximum Gasteiger partial charge on any atom is 0.252 e. The van der Waals surface area contributed by atoms with Gasteiger partial charge in [0, 0.05) is 10.6 Å². The topological polar surface area (TPSA) is 47.6 Å². The molecule has 27 heavy (non-hydrogen) atoms. The minimum absolute atomic E-state index is 0.190. The van der Waals surface area contributed by atoms with Gasteiger partial charge in [0.2, 0.25) is 0 Å². The highest BCUT2D eigenvalue weighted by Crippen LogP contribution is 2.29. The van der Waals surface area contributed by atoms with Gasteiger partial charge in [0.1, 0.15) is 0 Å². The molecule has 1 aromatic heterocycles. The lowest BCUT2D eigenvalue weighted by molar-refractivity contribution is 0.0942. The van der Waals surface area contributed by atoms with E-state index in [2.05, 4.69) is 5.32 Å². The molecule has 6 heteroatoms. The zero-order chi connectivity index (χ0) is 19.2. The number of rotatable bonds is 7. The number of nitrogens with one attached hydrogen (secondary N) is 1. The van der Waals surface area contributed by atoms with Gasteiger partial charge in [-0.3, -0.25) is 4.79 Å². The van der Waals surface area contributed by atoms with E-state index >= 15 is 0 Å². The van der Waals surface area contributed by atoms with E-state index in [9.17, 15) is 4.79 Å². The zero-order valence-corrected chi connectivity index (χ0v) is 16.6. The molecule has 1 amide bonds. The average molecular weight is 402 g/mol. The van der Waals surface area contributed by atoms with Crippen LogP contribution >= 0.6 is 22.9 Å². The Kier molecular flexibility index (Phi) is 6.37. The molecule has 1 N–H and O–H groups in total. The van der Waals surface area contributed by atoms with Gasteiger partial charge in [-0.25, -0.2) is 0 Å². The predicted octanol–water partition coefficient (Wildman–Crippen LogP) is 5.33. The number of halogens is 1. The first kappa shape index (κ1) is 19.3. The molecule has 1 unspecified atom stereocenters. The number of hydrogen-bond donors (Lipinski definition) is 1. The van der Waals surface area contributed by atoms with E-state index < -0.39 is 0 Å². The van der Waals surface area contributed by atoms with Crippen molar-refractivity contribution >= 4 is 28.8 Å². The van der Waals surface area contributed by atoms with Crippen LogP contribution in [0.5, 0.6) is 11.5 Å². The zero-order valence-electron chi connectivity index (χ0n) is 15.1. The van der Waals surface area contributed by atoms with Gasteiger partial charge in [-0.05, 0) is 65.2 Å². The quantitative estimate of drug-likeness (QED) is 0.582. The van der Waals surface area contributed by atoms with Crippen LogP contribution in [-0.2, 0) is 0 Å². The van der Waals surface area contributed by atoms with Crippen molar-refractivity contribution in [1.29, 1.82) is 0 Å². The van der Waals surface area contributed by atoms with Crippen LogP contribution in [0.2, 0.25) is 5.02 Å². The molecule has 0 fully saturated rings. The number of ether oxygens (including phenoxy) is 2. The molecule has 1 atom stereocenters. The third-order valence-corrected chi connectivity index (χ3v) is 5.03. The maximum absolute atomic E-state index is 12.9. The van der Waals surface area contributed by atoms with Crippen LogP contribution in [0.25, 0.3) is 0 Å². The molecule has 0 saturated carbocycles. The Labute approximate surface area is 167 Å². The van der Waals surface area contributed by atoms with E-state index in [4.69, 9.17) is 21.1 Å². The Hall–Kier alpha value is -2.50. The van der Waals surface area contributed by atoms with Crippen molar-refractivity contribution in [3.05, 3.63) is 81.0 Å². The summed E-state index contributed by atoms with van der Waals surface area (Å²) in [7, 11) is 1.57. The van der Waals surface area contributed by atoms with Gasteiger partial charge in [0.05, 0.1) is 19.8 Å². The third-order valence-electron chi connectivity index (χ3n) is 4.08. The molecule has 4 nitrogen and oxygen atoms in total. The highest BCUT2D eigenvalue weighted by atomic mass is 35.5. The fraction of sp³-hybridized carbons (Fsp3) is 0.190. The highest BCUT2D eigenvalue weighted by molar-refractivity contribution is 7.08. The fourth-order valence-electron chi connectivity index (χ4n) is 2.75. The number of carbonyl (C=O) groups is 1. The normalized spacial score (nSPS) is 11.7. The summed E-state index contributed by atoms with van der Waals surface area (Å²) in [6.07, 6.45) is 0. The summed E-state index contributed by atoms with van der Waals surface area (Å²) in [5.74, 6) is 0.955. The summed E-state index contributed by atoms with van der Waals surface area (Å²) in [5.41, 5.74) is 2.49. The molecule has 0 aliphatic heterocycles. The van der Waals surface area contributed by atoms with Crippen molar-refractivity contribution in [3.63, 3.8) is 0 Å². The predicted molar refractivity (Wildman–Crippen MR) is 109 cm³/mol. The Morgan fingerprint density at radius 1 is 1.11 bits per heavy atom. The molecule has 0 saturated heterocycles. The number of hydrogen-bond acceptors (Lipinski definition) is 4. The average Bonchev–Trinajstić information content (AvgIpc) is 3.21. The second-order valence-corrected chi connectivity index (χ2v) is 7.03. The smallest absolute Gasteiger partial charge is 0.252 e. The van der Waals surface area contributed by atoms with Gasteiger partial charge in [0.25, 0.3) is 5.91 Å². The summed E-state index contributed by atoms with van der Waals surface area (Å²) in [5, 5.41) is 7.78. The van der Waals surface area contributed by atoms with E-state index in [1.54, 1.807) is 36.6 Å². The lowest BCUT2D eigenvalue weighted by Gasteiger charge is -2.19. The second-order valence-electron chi connectivity index (χ2n) is 5.81. The molecule has 2 aromatic carbocycles. The summed E-state index contributed by atoms with van der Waals surface area (Å²) in [6.45, 7) is 2.38. The van der Waals surface area contributed by atoms with Crippen molar-refractivity contribution in [1.82, 2.24) is 5.32 Å². The number of thiophene rings is 1. The van der Waals surface area contributed by atoms with Crippen molar-refractivity contribution in [2.45, 2.75) is 13.0 Å². The molecule has 0 aliphatic carbocycles. The lowest BCUT2D eigenvalue weighted by Crippen LogP contribution is -2.29. The minimum atomic E-state index is -0.265. The van der Waals surface area contributed by atoms with Crippen LogP contribution in [0.3, 0.4) is 0 Å². The Bertz CT molecular complexity index is 894. The lowest BCUT2D eigenvalue weighted by atomic mass is 10.0. The molecule has 1 heterocycles. The maximum atomic E-state index is 12.9. The molecule has 0 radical (unpaired) electrons. The monoisotopic (exact) mass is 401 g/mol. The summed E-state index contributed by atoms with van der Waals surface area (Å²) >= 11 is 7.60. The molecule has 3 aromatic rings. The van der Waals surface area contributed by atoms with Crippen LogP contribution in [0.1, 0.15) is 34.5 Å². The summed E-state index contributed by atoms with van der Waals surface area (Å²) in [4.78, 5) is 12.9. The number of carbonyl (C=O) groups excluding carboxylic acids is 1. The first-order chi connectivity index (χ1) is 13.1. The van der Waals surface area contributed by atoms with E-state index in [0.717, 1.165) is 11.1 Å². The third kappa shape index (κ3) is 4.62. The molecule has 140 valence electrons. The first-order valence-electron chi connectivity index (χ1n) is 8.51. The SMILES string of the molecule is CCOc1cc(C(=O)NC(c2ccc(Cl)cc2)c2ccsc2)ccc1OC. The van der Waals surface area contributed by atoms with Crippen LogP contribution in [0, 0.1) is 0 Å². The Balaban J connectivity index is 1.89. The van der Waals surface area contributed by atoms with Crippen LogP contribution < -0.4 is 14.8 Å². The highest BCUT2D eigenvalue weighted by Gasteiger charge is 2.19. The van der Waals surface area contributed by atoms with Gasteiger partial charge < -0.3 is 14.8 Å². The molecule has 3 rings (SSSR count). The Morgan fingerprint density at radius 2 is 1.89 bits per heavy atom. The van der Waals surface area contributed by atoms with Crippen LogP contribution in [0.15, 0.2) is 59.3 Å². The molecule has 0 aliphatic rings. The van der Waals surface area contributed by atoms with Gasteiger partial charge in [0.15, 0.2) is 11.5 Å². The van der Waals surface area contributed by atoms with E-state index in [-0.39, 0.29) is 11.9 Å². The largest absolute Gasteiger partial charge is 0.493 e. The van der Waals surface area contributed by atoms with Gasteiger partial charge in [-0.1, -0.05) is 23.7 Å². The van der Waals surface area contributed by atoms with Crippen LogP contribution in [0.4, 0.5) is 0 Å². The first-order valence-corrected chi connectivity index (χ1v) is 9.83. The summed E-state index contributed by atoms with van der Waals surface area (Å²) < 4.78 is 10.9. The van der Waals surface area contributed by atoms with Crippen molar-refractivity contribution < 1.29 is 14.3 Å². The standard InChI is InChI=1S/C21H20ClNO3S/c1-3-26-19-12-15(6-9-18(19)25-2)21(24)23-20(16-10-11-27-13-16)14-4-7-17(22)8-5-14/h4-13,20H,3H2,1-2H3,(H,23,24). The second kappa shape index (κ2) is 8.93. The van der Waals surface area contributed by atoms with E-state index in [0.29, 0.717) is 28.7 Å². The van der Waals surface area contributed by atoms with Crippen molar-refractivity contribution in [2.75, 3.05) is 13.7 Å². The van der Waals surface area contributed by atoms with E-state index in [1.807, 2.05) is 48.0 Å². The number of methoxy groups -OCH3 is 1. The molecular weight excluding hydrogens is 382 g/mol. The fourth-order valence-corrected chi connectivity index (χ4v) is 3.57. The number of benzene rings is 2. The summed E-state index contributed by atoms with van der Waals surface area (Å²) in [6, 6.07) is 14.4. The van der Waals surface area contributed by atoms with Gasteiger partial charge in [-0.2, -0.15) is 11.3 Å². The molecule has 0 bridgehead atoms.